The standard InChI is InChI=1S/C19H19Cl2N3O3/c1-13(25)23-16-7-4-14(5-8-16)12-22-24-19(26)3-2-10-27-18-9-6-15(20)11-17(18)21/h4-9,11-12H,2-3,10H2,1H3,(H,23,25)(H,24,26)/b22-12-. The maximum atomic E-state index is 11.8. The predicted molar refractivity (Wildman–Crippen MR) is 108 cm³/mol. The maximum absolute atomic E-state index is 11.8. The molecule has 27 heavy (non-hydrogen) atoms. The Bertz CT molecular complexity index is 823. The third-order valence-corrected chi connectivity index (χ3v) is 3.86. The fourth-order valence-electron chi connectivity index (χ4n) is 2.10. The fourth-order valence-corrected chi connectivity index (χ4v) is 2.56. The third kappa shape index (κ3) is 7.68. The lowest BCUT2D eigenvalue weighted by Gasteiger charge is -2.07. The van der Waals surface area contributed by atoms with Gasteiger partial charge >= 0.3 is 0 Å². The molecule has 8 heteroatoms. The second kappa shape index (κ2) is 10.5. The Hall–Kier alpha value is -2.57. The molecule has 0 atom stereocenters. The SMILES string of the molecule is CC(=O)Nc1ccc(/C=N\NC(=O)CCCOc2ccc(Cl)cc2Cl)cc1. The number of rotatable bonds is 8. The van der Waals surface area contributed by atoms with Gasteiger partial charge in [0, 0.05) is 24.1 Å². The van der Waals surface area contributed by atoms with Gasteiger partial charge in [0.1, 0.15) is 5.75 Å². The van der Waals surface area contributed by atoms with E-state index in [0.717, 1.165) is 5.56 Å². The van der Waals surface area contributed by atoms with Crippen LogP contribution in [0.25, 0.3) is 0 Å². The van der Waals surface area contributed by atoms with Crippen molar-refractivity contribution in [3.05, 3.63) is 58.1 Å². The van der Waals surface area contributed by atoms with Gasteiger partial charge < -0.3 is 10.1 Å². The predicted octanol–water partition coefficient (Wildman–Crippen LogP) is 4.26. The minimum Gasteiger partial charge on any atom is -0.492 e. The smallest absolute Gasteiger partial charge is 0.240 e. The fraction of sp³-hybridized carbons (Fsp3) is 0.211. The van der Waals surface area contributed by atoms with Crippen LogP contribution in [0.1, 0.15) is 25.3 Å². The Labute approximate surface area is 167 Å². The summed E-state index contributed by atoms with van der Waals surface area (Å²) in [5, 5.41) is 7.55. The van der Waals surface area contributed by atoms with Gasteiger partial charge in [0.15, 0.2) is 0 Å². The van der Waals surface area contributed by atoms with E-state index in [1.54, 1.807) is 42.5 Å². The molecule has 2 aromatic rings. The average Bonchev–Trinajstić information content (AvgIpc) is 2.61. The number of anilines is 1. The van der Waals surface area contributed by atoms with Crippen molar-refractivity contribution in [2.45, 2.75) is 19.8 Å². The van der Waals surface area contributed by atoms with Gasteiger partial charge in [0.05, 0.1) is 17.8 Å². The molecular weight excluding hydrogens is 389 g/mol. The van der Waals surface area contributed by atoms with Gasteiger partial charge in [0.25, 0.3) is 0 Å². The molecule has 0 spiro atoms. The molecule has 0 bridgehead atoms. The normalized spacial score (nSPS) is 10.6. The van der Waals surface area contributed by atoms with Crippen molar-refractivity contribution in [2.24, 2.45) is 5.10 Å². The van der Waals surface area contributed by atoms with Crippen molar-refractivity contribution in [3.63, 3.8) is 0 Å². The van der Waals surface area contributed by atoms with Gasteiger partial charge in [-0.15, -0.1) is 0 Å². The number of nitrogens with one attached hydrogen (secondary N) is 2. The Morgan fingerprint density at radius 3 is 2.56 bits per heavy atom. The second-order valence-electron chi connectivity index (χ2n) is 5.62. The summed E-state index contributed by atoms with van der Waals surface area (Å²) in [6, 6.07) is 12.0. The van der Waals surface area contributed by atoms with Crippen molar-refractivity contribution in [2.75, 3.05) is 11.9 Å². The number of benzene rings is 2. The largest absolute Gasteiger partial charge is 0.492 e. The lowest BCUT2D eigenvalue weighted by Crippen LogP contribution is -2.18. The van der Waals surface area contributed by atoms with Crippen LogP contribution in [0, 0.1) is 0 Å². The van der Waals surface area contributed by atoms with Gasteiger partial charge in [-0.05, 0) is 42.3 Å². The van der Waals surface area contributed by atoms with Gasteiger partial charge in [-0.1, -0.05) is 35.3 Å². The minimum absolute atomic E-state index is 0.133. The van der Waals surface area contributed by atoms with E-state index >= 15 is 0 Å². The molecule has 0 saturated heterocycles. The number of ether oxygens (including phenoxy) is 1. The second-order valence-corrected chi connectivity index (χ2v) is 6.47. The highest BCUT2D eigenvalue weighted by atomic mass is 35.5. The number of carbonyl (C=O) groups excluding carboxylic acids is 2. The first kappa shape index (κ1) is 20.7. The summed E-state index contributed by atoms with van der Waals surface area (Å²) in [5.74, 6) is 0.181. The molecule has 0 unspecified atom stereocenters. The zero-order valence-corrected chi connectivity index (χ0v) is 16.2. The Morgan fingerprint density at radius 2 is 1.89 bits per heavy atom. The number of nitrogens with zero attached hydrogens (tertiary/aromatic N) is 1. The highest BCUT2D eigenvalue weighted by Crippen LogP contribution is 2.27. The molecule has 0 radical (unpaired) electrons. The van der Waals surface area contributed by atoms with Crippen LogP contribution in [0.4, 0.5) is 5.69 Å². The third-order valence-electron chi connectivity index (χ3n) is 3.33. The number of carbonyl (C=O) groups is 2. The molecule has 0 heterocycles. The summed E-state index contributed by atoms with van der Waals surface area (Å²) in [6.45, 7) is 1.79. The van der Waals surface area contributed by atoms with E-state index in [1.165, 1.54) is 13.1 Å². The van der Waals surface area contributed by atoms with Crippen molar-refractivity contribution < 1.29 is 14.3 Å². The lowest BCUT2D eigenvalue weighted by atomic mass is 10.2. The first-order chi connectivity index (χ1) is 12.9. The topological polar surface area (TPSA) is 79.8 Å². The number of halogens is 2. The van der Waals surface area contributed by atoms with Crippen LogP contribution >= 0.6 is 23.2 Å². The highest BCUT2D eigenvalue weighted by molar-refractivity contribution is 6.35. The van der Waals surface area contributed by atoms with Crippen LogP contribution in [0.15, 0.2) is 47.6 Å². The minimum atomic E-state index is -0.216. The summed E-state index contributed by atoms with van der Waals surface area (Å²) in [6.07, 6.45) is 2.31. The Kier molecular flexibility index (Phi) is 8.10. The number of hydrogen-bond donors (Lipinski definition) is 2. The summed E-state index contributed by atoms with van der Waals surface area (Å²) < 4.78 is 5.52. The Morgan fingerprint density at radius 1 is 1.15 bits per heavy atom. The molecule has 0 aliphatic heterocycles. The molecular formula is C19H19Cl2N3O3. The van der Waals surface area contributed by atoms with Crippen molar-refractivity contribution in [1.29, 1.82) is 0 Å². The average molecular weight is 408 g/mol. The first-order valence-electron chi connectivity index (χ1n) is 8.21. The van der Waals surface area contributed by atoms with E-state index in [0.29, 0.717) is 34.5 Å². The van der Waals surface area contributed by atoms with E-state index in [4.69, 9.17) is 27.9 Å². The highest BCUT2D eigenvalue weighted by Gasteiger charge is 2.04. The van der Waals surface area contributed by atoms with Crippen LogP contribution in [-0.2, 0) is 9.59 Å². The van der Waals surface area contributed by atoms with Crippen LogP contribution in [0.5, 0.6) is 5.75 Å². The van der Waals surface area contributed by atoms with E-state index in [2.05, 4.69) is 15.8 Å². The quantitative estimate of drug-likeness (QED) is 0.389. The van der Waals surface area contributed by atoms with Crippen molar-refractivity contribution in [3.8, 4) is 5.75 Å². The van der Waals surface area contributed by atoms with Crippen LogP contribution < -0.4 is 15.5 Å². The van der Waals surface area contributed by atoms with Gasteiger partial charge in [-0.3, -0.25) is 9.59 Å². The summed E-state index contributed by atoms with van der Waals surface area (Å²) in [4.78, 5) is 22.7. The van der Waals surface area contributed by atoms with E-state index in [1.807, 2.05) is 0 Å². The number of hydrogen-bond acceptors (Lipinski definition) is 4. The lowest BCUT2D eigenvalue weighted by molar-refractivity contribution is -0.121. The van der Waals surface area contributed by atoms with Crippen molar-refractivity contribution >= 4 is 46.9 Å². The van der Waals surface area contributed by atoms with Crippen molar-refractivity contribution in [1.82, 2.24) is 5.43 Å². The molecule has 2 N–H and O–H groups in total. The molecule has 2 rings (SSSR count). The summed E-state index contributed by atoms with van der Waals surface area (Å²) in [7, 11) is 0. The van der Waals surface area contributed by atoms with Gasteiger partial charge in [-0.25, -0.2) is 5.43 Å². The summed E-state index contributed by atoms with van der Waals surface area (Å²) in [5.41, 5.74) is 3.95. The van der Waals surface area contributed by atoms with E-state index in [-0.39, 0.29) is 18.2 Å². The van der Waals surface area contributed by atoms with E-state index < -0.39 is 0 Å². The molecule has 6 nitrogen and oxygen atoms in total. The molecule has 0 aliphatic rings. The molecule has 0 fully saturated rings. The monoisotopic (exact) mass is 407 g/mol. The molecule has 142 valence electrons. The van der Waals surface area contributed by atoms with E-state index in [9.17, 15) is 9.59 Å². The zero-order chi connectivity index (χ0) is 19.6. The number of amides is 2. The molecule has 0 aromatic heterocycles. The van der Waals surface area contributed by atoms with Gasteiger partial charge in [0.2, 0.25) is 11.8 Å². The molecule has 0 aliphatic carbocycles. The Balaban J connectivity index is 1.68. The number of hydrazone groups is 1. The molecule has 2 aromatic carbocycles. The van der Waals surface area contributed by atoms with Gasteiger partial charge in [-0.2, -0.15) is 5.10 Å². The van der Waals surface area contributed by atoms with Crippen LogP contribution in [-0.4, -0.2) is 24.6 Å². The maximum Gasteiger partial charge on any atom is 0.240 e. The summed E-state index contributed by atoms with van der Waals surface area (Å²) >= 11 is 11.8. The molecule has 2 amide bonds. The first-order valence-corrected chi connectivity index (χ1v) is 8.97. The van der Waals surface area contributed by atoms with Crippen LogP contribution in [0.2, 0.25) is 10.0 Å². The molecule has 0 saturated carbocycles. The zero-order valence-electron chi connectivity index (χ0n) is 14.7. The van der Waals surface area contributed by atoms with Crippen LogP contribution in [0.3, 0.4) is 0 Å².